The molecule has 112 valence electrons. The van der Waals surface area contributed by atoms with Crippen LogP contribution in [0.5, 0.6) is 17.2 Å². The summed E-state index contributed by atoms with van der Waals surface area (Å²) < 4.78 is 12.7. The fourth-order valence-electron chi connectivity index (χ4n) is 1.80. The van der Waals surface area contributed by atoms with Crippen molar-refractivity contribution in [2.75, 3.05) is 14.2 Å². The van der Waals surface area contributed by atoms with Crippen molar-refractivity contribution in [1.29, 1.82) is 0 Å². The maximum atomic E-state index is 6.26. The monoisotopic (exact) mass is 433 g/mol. The van der Waals surface area contributed by atoms with Crippen molar-refractivity contribution < 1.29 is 9.47 Å². The maximum Gasteiger partial charge on any atom is 0.146 e. The summed E-state index contributed by atoms with van der Waals surface area (Å²) in [5, 5.41) is 3.65. The third-order valence-electron chi connectivity index (χ3n) is 2.80. The molecule has 2 rings (SSSR count). The highest BCUT2D eigenvalue weighted by Gasteiger charge is 2.11. The molecule has 1 N–H and O–H groups in total. The van der Waals surface area contributed by atoms with E-state index in [1.807, 2.05) is 37.4 Å². The Balaban J connectivity index is 2.28. The third kappa shape index (κ3) is 4.13. The quantitative estimate of drug-likeness (QED) is 0.684. The Labute approximate surface area is 145 Å². The highest BCUT2D eigenvalue weighted by Crippen LogP contribution is 2.39. The van der Waals surface area contributed by atoms with Gasteiger partial charge < -0.3 is 14.8 Å². The molecule has 0 bridgehead atoms. The van der Waals surface area contributed by atoms with E-state index in [1.54, 1.807) is 7.11 Å². The summed E-state index contributed by atoms with van der Waals surface area (Å²) in [5.74, 6) is 1.99. The topological polar surface area (TPSA) is 30.5 Å². The van der Waals surface area contributed by atoms with Crippen molar-refractivity contribution >= 4 is 43.5 Å². The largest absolute Gasteiger partial charge is 0.496 e. The lowest BCUT2D eigenvalue weighted by Gasteiger charge is -2.12. The molecule has 0 fully saturated rings. The van der Waals surface area contributed by atoms with Gasteiger partial charge in [-0.1, -0.05) is 17.7 Å². The second-order valence-corrected chi connectivity index (χ2v) is 6.43. The predicted octanol–water partition coefficient (Wildman–Crippen LogP) is 5.39. The van der Waals surface area contributed by atoms with Crippen LogP contribution < -0.4 is 14.8 Å². The van der Waals surface area contributed by atoms with Crippen molar-refractivity contribution in [2.45, 2.75) is 6.54 Å². The summed E-state index contributed by atoms with van der Waals surface area (Å²) in [6.07, 6.45) is 0. The standard InChI is InChI=1S/C15H14Br2ClNO2/c1-19-8-9-3-4-13(12(18)5-9)21-15-7-10(16)14(20-2)6-11(15)17/h3-7,19H,8H2,1-2H3. The Morgan fingerprint density at radius 3 is 2.33 bits per heavy atom. The minimum atomic E-state index is 0.571. The maximum absolute atomic E-state index is 6.26. The molecular weight excluding hydrogens is 421 g/mol. The van der Waals surface area contributed by atoms with Gasteiger partial charge in [0.2, 0.25) is 0 Å². The van der Waals surface area contributed by atoms with Crippen molar-refractivity contribution in [3.8, 4) is 17.2 Å². The van der Waals surface area contributed by atoms with E-state index >= 15 is 0 Å². The fourth-order valence-corrected chi connectivity index (χ4v) is 2.93. The van der Waals surface area contributed by atoms with Gasteiger partial charge in [-0.3, -0.25) is 0 Å². The van der Waals surface area contributed by atoms with Crippen LogP contribution in [0.2, 0.25) is 5.02 Å². The van der Waals surface area contributed by atoms with Gasteiger partial charge in [0.25, 0.3) is 0 Å². The number of rotatable bonds is 5. The van der Waals surface area contributed by atoms with E-state index in [0.29, 0.717) is 16.5 Å². The first kappa shape index (κ1) is 16.6. The molecule has 0 aliphatic heterocycles. The Bertz CT molecular complexity index is 650. The molecule has 0 saturated carbocycles. The summed E-state index contributed by atoms with van der Waals surface area (Å²) in [5.41, 5.74) is 1.10. The molecule has 6 heteroatoms. The lowest BCUT2D eigenvalue weighted by molar-refractivity contribution is 0.409. The Hall–Kier alpha value is -0.750. The highest BCUT2D eigenvalue weighted by atomic mass is 79.9. The van der Waals surface area contributed by atoms with Gasteiger partial charge in [0.05, 0.1) is 21.1 Å². The molecule has 0 aromatic heterocycles. The first-order valence-corrected chi connectivity index (χ1v) is 8.15. The smallest absolute Gasteiger partial charge is 0.146 e. The summed E-state index contributed by atoms with van der Waals surface area (Å²) in [6.45, 7) is 0.762. The van der Waals surface area contributed by atoms with Gasteiger partial charge in [-0.15, -0.1) is 0 Å². The van der Waals surface area contributed by atoms with Crippen LogP contribution in [0.25, 0.3) is 0 Å². The van der Waals surface area contributed by atoms with Crippen LogP contribution in [0.4, 0.5) is 0 Å². The zero-order chi connectivity index (χ0) is 15.4. The number of methoxy groups -OCH3 is 1. The number of hydrogen-bond acceptors (Lipinski definition) is 3. The molecule has 0 aliphatic carbocycles. The predicted molar refractivity (Wildman–Crippen MR) is 92.7 cm³/mol. The first-order chi connectivity index (χ1) is 10.0. The third-order valence-corrected chi connectivity index (χ3v) is 4.34. The average molecular weight is 436 g/mol. The molecule has 0 spiro atoms. The second-order valence-electron chi connectivity index (χ2n) is 4.31. The molecule has 0 unspecified atom stereocenters. The molecule has 0 heterocycles. The van der Waals surface area contributed by atoms with Crippen LogP contribution in [0.1, 0.15) is 5.56 Å². The molecule has 0 radical (unpaired) electrons. The summed E-state index contributed by atoms with van der Waals surface area (Å²) in [4.78, 5) is 0. The van der Waals surface area contributed by atoms with E-state index in [-0.39, 0.29) is 0 Å². The van der Waals surface area contributed by atoms with Gasteiger partial charge >= 0.3 is 0 Å². The molecule has 0 aliphatic rings. The molecule has 0 saturated heterocycles. The zero-order valence-corrected chi connectivity index (χ0v) is 15.5. The van der Waals surface area contributed by atoms with Crippen LogP contribution in [-0.2, 0) is 6.54 Å². The number of nitrogens with one attached hydrogen (secondary N) is 1. The van der Waals surface area contributed by atoms with Gasteiger partial charge in [0.1, 0.15) is 17.2 Å². The average Bonchev–Trinajstić information content (AvgIpc) is 2.45. The SMILES string of the molecule is CNCc1ccc(Oc2cc(Br)c(OC)cc2Br)c(Cl)c1. The highest BCUT2D eigenvalue weighted by molar-refractivity contribution is 9.11. The second kappa shape index (κ2) is 7.49. The van der Waals surface area contributed by atoms with Crippen LogP contribution >= 0.6 is 43.5 Å². The van der Waals surface area contributed by atoms with Crippen LogP contribution in [0, 0.1) is 0 Å². The first-order valence-electron chi connectivity index (χ1n) is 6.19. The van der Waals surface area contributed by atoms with Gasteiger partial charge in [-0.25, -0.2) is 0 Å². The zero-order valence-electron chi connectivity index (χ0n) is 11.5. The lowest BCUT2D eigenvalue weighted by Crippen LogP contribution is -2.04. The van der Waals surface area contributed by atoms with Gasteiger partial charge in [-0.05, 0) is 68.7 Å². The normalized spacial score (nSPS) is 10.5. The van der Waals surface area contributed by atoms with Crippen LogP contribution in [0.15, 0.2) is 39.3 Å². The van der Waals surface area contributed by atoms with E-state index in [4.69, 9.17) is 21.1 Å². The van der Waals surface area contributed by atoms with Crippen molar-refractivity contribution in [3.63, 3.8) is 0 Å². The van der Waals surface area contributed by atoms with E-state index < -0.39 is 0 Å². The van der Waals surface area contributed by atoms with Crippen LogP contribution in [0.3, 0.4) is 0 Å². The lowest BCUT2D eigenvalue weighted by atomic mass is 10.2. The van der Waals surface area contributed by atoms with E-state index in [0.717, 1.165) is 26.8 Å². The fraction of sp³-hybridized carbons (Fsp3) is 0.200. The number of ether oxygens (including phenoxy) is 2. The van der Waals surface area contributed by atoms with Crippen molar-refractivity contribution in [1.82, 2.24) is 5.32 Å². The van der Waals surface area contributed by atoms with Crippen LogP contribution in [-0.4, -0.2) is 14.2 Å². The molecule has 0 amide bonds. The van der Waals surface area contributed by atoms with Crippen molar-refractivity contribution in [2.24, 2.45) is 0 Å². The van der Waals surface area contributed by atoms with Gasteiger partial charge in [0, 0.05) is 6.54 Å². The molecule has 21 heavy (non-hydrogen) atoms. The minimum Gasteiger partial charge on any atom is -0.496 e. The molecule has 2 aromatic rings. The minimum absolute atomic E-state index is 0.571. The molecule has 2 aromatic carbocycles. The Morgan fingerprint density at radius 2 is 1.71 bits per heavy atom. The molecular formula is C15H14Br2ClNO2. The number of benzene rings is 2. The van der Waals surface area contributed by atoms with Gasteiger partial charge in [0.15, 0.2) is 0 Å². The Morgan fingerprint density at radius 1 is 1.05 bits per heavy atom. The van der Waals surface area contributed by atoms with E-state index in [1.165, 1.54) is 0 Å². The van der Waals surface area contributed by atoms with E-state index in [2.05, 4.69) is 37.2 Å². The molecule has 0 atom stereocenters. The molecule has 3 nitrogen and oxygen atoms in total. The van der Waals surface area contributed by atoms with Gasteiger partial charge in [-0.2, -0.15) is 0 Å². The summed E-state index contributed by atoms with van der Waals surface area (Å²) in [6, 6.07) is 9.40. The summed E-state index contributed by atoms with van der Waals surface area (Å²) >= 11 is 13.2. The van der Waals surface area contributed by atoms with E-state index in [9.17, 15) is 0 Å². The number of hydrogen-bond donors (Lipinski definition) is 1. The van der Waals surface area contributed by atoms with Crippen molar-refractivity contribution in [3.05, 3.63) is 49.9 Å². The number of halogens is 3. The summed E-state index contributed by atoms with van der Waals surface area (Å²) in [7, 11) is 3.51. The Kier molecular flexibility index (Phi) is 5.93.